The molecule has 0 unspecified atom stereocenters. The summed E-state index contributed by atoms with van der Waals surface area (Å²) in [4.78, 5) is 20.6. The Kier molecular flexibility index (Phi) is 5.17. The molecule has 0 spiro atoms. The molecule has 2 aromatic heterocycles. The molecule has 128 valence electrons. The number of hydrogen-bond donors (Lipinski definition) is 0. The SMILES string of the molecule is CCc1ncnc(N(C)CC2CCN(c3ccncn3)CC2)c1F. The van der Waals surface area contributed by atoms with Gasteiger partial charge in [0.2, 0.25) is 0 Å². The van der Waals surface area contributed by atoms with Gasteiger partial charge in [-0.3, -0.25) is 0 Å². The minimum Gasteiger partial charge on any atom is -0.357 e. The van der Waals surface area contributed by atoms with Crippen LogP contribution < -0.4 is 9.80 Å². The minimum absolute atomic E-state index is 0.291. The van der Waals surface area contributed by atoms with Crippen LogP contribution in [0.15, 0.2) is 24.9 Å². The molecule has 1 aliphatic rings. The Morgan fingerprint density at radius 2 is 2.00 bits per heavy atom. The molecule has 0 aromatic carbocycles. The van der Waals surface area contributed by atoms with Crippen molar-refractivity contribution in [3.63, 3.8) is 0 Å². The van der Waals surface area contributed by atoms with Crippen LogP contribution >= 0.6 is 0 Å². The molecule has 24 heavy (non-hydrogen) atoms. The van der Waals surface area contributed by atoms with Gasteiger partial charge in [-0.15, -0.1) is 0 Å². The topological polar surface area (TPSA) is 58.0 Å². The summed E-state index contributed by atoms with van der Waals surface area (Å²) in [6.45, 7) is 4.62. The quantitative estimate of drug-likeness (QED) is 0.838. The molecule has 0 atom stereocenters. The molecule has 0 radical (unpaired) electrons. The fourth-order valence-corrected chi connectivity index (χ4v) is 3.20. The monoisotopic (exact) mass is 330 g/mol. The molecule has 3 rings (SSSR count). The summed E-state index contributed by atoms with van der Waals surface area (Å²) in [7, 11) is 1.90. The van der Waals surface area contributed by atoms with Crippen molar-refractivity contribution in [2.24, 2.45) is 5.92 Å². The standard InChI is InChI=1S/C17H23FN6/c1-3-14-16(18)17(22-12-20-14)23(2)10-13-5-8-24(9-6-13)15-4-7-19-11-21-15/h4,7,11-13H,3,5-6,8-10H2,1-2H3. The summed E-state index contributed by atoms with van der Waals surface area (Å²) in [5.41, 5.74) is 0.477. The predicted molar refractivity (Wildman–Crippen MR) is 91.6 cm³/mol. The van der Waals surface area contributed by atoms with Gasteiger partial charge in [-0.05, 0) is 31.2 Å². The molecule has 0 N–H and O–H groups in total. The summed E-state index contributed by atoms with van der Waals surface area (Å²) in [5.74, 6) is 1.61. The molecule has 0 amide bonds. The van der Waals surface area contributed by atoms with Gasteiger partial charge in [0.15, 0.2) is 11.6 Å². The lowest BCUT2D eigenvalue weighted by molar-refractivity contribution is 0.405. The zero-order valence-corrected chi connectivity index (χ0v) is 14.2. The number of rotatable bonds is 5. The van der Waals surface area contributed by atoms with Crippen LogP contribution in [-0.2, 0) is 6.42 Å². The van der Waals surface area contributed by atoms with E-state index in [4.69, 9.17) is 0 Å². The van der Waals surface area contributed by atoms with E-state index in [9.17, 15) is 4.39 Å². The zero-order valence-electron chi connectivity index (χ0n) is 14.2. The van der Waals surface area contributed by atoms with Crippen LogP contribution in [0.2, 0.25) is 0 Å². The van der Waals surface area contributed by atoms with E-state index in [-0.39, 0.29) is 5.82 Å². The molecule has 1 aliphatic heterocycles. The molecule has 0 aliphatic carbocycles. The zero-order chi connectivity index (χ0) is 16.9. The highest BCUT2D eigenvalue weighted by molar-refractivity contribution is 5.40. The molecular weight excluding hydrogens is 307 g/mol. The van der Waals surface area contributed by atoms with Crippen LogP contribution in [0.1, 0.15) is 25.5 Å². The summed E-state index contributed by atoms with van der Waals surface area (Å²) in [6.07, 6.45) is 7.49. The summed E-state index contributed by atoms with van der Waals surface area (Å²) >= 11 is 0. The lowest BCUT2D eigenvalue weighted by Gasteiger charge is -2.34. The average Bonchev–Trinajstić information content (AvgIpc) is 2.63. The minimum atomic E-state index is -0.291. The molecule has 0 saturated carbocycles. The maximum Gasteiger partial charge on any atom is 0.187 e. The van der Waals surface area contributed by atoms with Crippen molar-refractivity contribution in [2.75, 3.05) is 36.5 Å². The van der Waals surface area contributed by atoms with Gasteiger partial charge >= 0.3 is 0 Å². The van der Waals surface area contributed by atoms with Crippen molar-refractivity contribution in [1.82, 2.24) is 19.9 Å². The van der Waals surface area contributed by atoms with Crippen LogP contribution in [0.4, 0.5) is 16.0 Å². The van der Waals surface area contributed by atoms with Crippen molar-refractivity contribution >= 4 is 11.6 Å². The molecule has 1 fully saturated rings. The van der Waals surface area contributed by atoms with E-state index in [1.165, 1.54) is 6.33 Å². The molecule has 2 aromatic rings. The number of aryl methyl sites for hydroxylation is 1. The number of nitrogens with zero attached hydrogens (tertiary/aromatic N) is 6. The van der Waals surface area contributed by atoms with Gasteiger partial charge in [0.05, 0.1) is 5.69 Å². The van der Waals surface area contributed by atoms with Crippen molar-refractivity contribution in [3.05, 3.63) is 36.4 Å². The second kappa shape index (κ2) is 7.51. The molecule has 3 heterocycles. The Labute approximate surface area is 141 Å². The molecule has 6 nitrogen and oxygen atoms in total. The Hall–Kier alpha value is -2.31. The van der Waals surface area contributed by atoms with Gasteiger partial charge in [-0.2, -0.15) is 0 Å². The van der Waals surface area contributed by atoms with Crippen molar-refractivity contribution in [2.45, 2.75) is 26.2 Å². The molecule has 0 bridgehead atoms. The van der Waals surface area contributed by atoms with E-state index in [1.54, 1.807) is 12.5 Å². The van der Waals surface area contributed by atoms with Gasteiger partial charge in [0.25, 0.3) is 0 Å². The highest BCUT2D eigenvalue weighted by atomic mass is 19.1. The van der Waals surface area contributed by atoms with E-state index in [2.05, 4.69) is 24.8 Å². The van der Waals surface area contributed by atoms with E-state index >= 15 is 0 Å². The average molecular weight is 330 g/mol. The van der Waals surface area contributed by atoms with Crippen molar-refractivity contribution < 1.29 is 4.39 Å². The number of piperidine rings is 1. The van der Waals surface area contributed by atoms with Crippen LogP contribution in [0, 0.1) is 11.7 Å². The van der Waals surface area contributed by atoms with Crippen LogP contribution in [0.5, 0.6) is 0 Å². The third-order valence-electron chi connectivity index (χ3n) is 4.58. The Bertz CT molecular complexity index is 657. The first kappa shape index (κ1) is 16.5. The van der Waals surface area contributed by atoms with E-state index in [0.717, 1.165) is 38.3 Å². The Morgan fingerprint density at radius 3 is 2.67 bits per heavy atom. The van der Waals surface area contributed by atoms with Gasteiger partial charge < -0.3 is 9.80 Å². The summed E-state index contributed by atoms with van der Waals surface area (Å²) in [5, 5.41) is 0. The number of hydrogen-bond acceptors (Lipinski definition) is 6. The summed E-state index contributed by atoms with van der Waals surface area (Å²) in [6, 6.07) is 1.94. The number of halogens is 1. The Morgan fingerprint density at radius 1 is 1.21 bits per heavy atom. The maximum atomic E-state index is 14.4. The van der Waals surface area contributed by atoms with Crippen LogP contribution in [0.25, 0.3) is 0 Å². The third kappa shape index (κ3) is 3.60. The van der Waals surface area contributed by atoms with Crippen LogP contribution in [0.3, 0.4) is 0 Å². The second-order valence-corrected chi connectivity index (χ2v) is 6.19. The van der Waals surface area contributed by atoms with Crippen molar-refractivity contribution in [3.8, 4) is 0 Å². The fraction of sp³-hybridized carbons (Fsp3) is 0.529. The lowest BCUT2D eigenvalue weighted by Crippen LogP contribution is -2.38. The predicted octanol–water partition coefficient (Wildman–Crippen LogP) is 2.32. The smallest absolute Gasteiger partial charge is 0.187 e. The molecule has 7 heteroatoms. The van der Waals surface area contributed by atoms with E-state index in [1.807, 2.05) is 24.9 Å². The Balaban J connectivity index is 1.58. The molecule has 1 saturated heterocycles. The first-order valence-corrected chi connectivity index (χ1v) is 8.40. The lowest BCUT2D eigenvalue weighted by atomic mass is 9.96. The summed E-state index contributed by atoms with van der Waals surface area (Å²) < 4.78 is 14.4. The highest BCUT2D eigenvalue weighted by Crippen LogP contribution is 2.24. The number of aromatic nitrogens is 4. The first-order chi connectivity index (χ1) is 11.7. The normalized spacial score (nSPS) is 15.5. The first-order valence-electron chi connectivity index (χ1n) is 8.40. The molecular formula is C17H23FN6. The van der Waals surface area contributed by atoms with Gasteiger partial charge in [-0.25, -0.2) is 24.3 Å². The second-order valence-electron chi connectivity index (χ2n) is 6.19. The van der Waals surface area contributed by atoms with Crippen molar-refractivity contribution in [1.29, 1.82) is 0 Å². The third-order valence-corrected chi connectivity index (χ3v) is 4.58. The highest BCUT2D eigenvalue weighted by Gasteiger charge is 2.23. The van der Waals surface area contributed by atoms with E-state index < -0.39 is 0 Å². The maximum absolute atomic E-state index is 14.4. The van der Waals surface area contributed by atoms with Gasteiger partial charge in [-0.1, -0.05) is 6.92 Å². The number of anilines is 2. The fourth-order valence-electron chi connectivity index (χ4n) is 3.20. The van der Waals surface area contributed by atoms with Gasteiger partial charge in [0.1, 0.15) is 18.5 Å². The largest absolute Gasteiger partial charge is 0.357 e. The van der Waals surface area contributed by atoms with Gasteiger partial charge in [0, 0.05) is 32.9 Å². The van der Waals surface area contributed by atoms with E-state index in [0.29, 0.717) is 23.9 Å². The van der Waals surface area contributed by atoms with Crippen LogP contribution in [-0.4, -0.2) is 46.6 Å².